The first kappa shape index (κ1) is 14.8. The summed E-state index contributed by atoms with van der Waals surface area (Å²) in [4.78, 5) is 23.6. The second-order valence-corrected chi connectivity index (χ2v) is 5.58. The fourth-order valence-electron chi connectivity index (χ4n) is 2.65. The van der Waals surface area contributed by atoms with Gasteiger partial charge in [-0.15, -0.1) is 0 Å². The molecular weight excluding hydrogens is 284 g/mol. The Morgan fingerprint density at radius 2 is 2.18 bits per heavy atom. The fourth-order valence-corrected chi connectivity index (χ4v) is 2.65. The van der Waals surface area contributed by atoms with Gasteiger partial charge in [-0.25, -0.2) is 9.59 Å². The second kappa shape index (κ2) is 5.93. The van der Waals surface area contributed by atoms with Gasteiger partial charge in [-0.3, -0.25) is 0 Å². The molecule has 5 heteroatoms. The summed E-state index contributed by atoms with van der Waals surface area (Å²) < 4.78 is 15.9. The van der Waals surface area contributed by atoms with Gasteiger partial charge in [-0.05, 0) is 37.8 Å². The molecule has 0 N–H and O–H groups in total. The number of hydrogen-bond donors (Lipinski definition) is 0. The molecule has 1 aliphatic heterocycles. The van der Waals surface area contributed by atoms with Crippen molar-refractivity contribution in [2.24, 2.45) is 0 Å². The molecule has 0 amide bonds. The third-order valence-corrected chi connectivity index (χ3v) is 4.08. The van der Waals surface area contributed by atoms with Gasteiger partial charge in [0, 0.05) is 23.6 Å². The third-order valence-electron chi connectivity index (χ3n) is 4.08. The molecule has 5 nitrogen and oxygen atoms in total. The first-order valence-corrected chi connectivity index (χ1v) is 7.37. The zero-order valence-corrected chi connectivity index (χ0v) is 12.7. The Bertz CT molecular complexity index is 768. The minimum atomic E-state index is -0.477. The summed E-state index contributed by atoms with van der Waals surface area (Å²) in [6.07, 6.45) is 1.08. The summed E-state index contributed by atoms with van der Waals surface area (Å²) in [6, 6.07) is 5.22. The largest absolute Gasteiger partial charge is 0.459 e. The van der Waals surface area contributed by atoms with E-state index in [4.69, 9.17) is 13.9 Å². The van der Waals surface area contributed by atoms with Crippen molar-refractivity contribution in [3.63, 3.8) is 0 Å². The van der Waals surface area contributed by atoms with Crippen LogP contribution in [0.15, 0.2) is 27.4 Å². The van der Waals surface area contributed by atoms with Crippen molar-refractivity contribution >= 4 is 16.9 Å². The number of ether oxygens (including phenoxy) is 2. The maximum Gasteiger partial charge on any atom is 0.336 e. The number of rotatable bonds is 3. The average Bonchev–Trinajstić information content (AvgIpc) is 3.03. The number of carbonyl (C=O) groups excluding carboxylic acids is 1. The summed E-state index contributed by atoms with van der Waals surface area (Å²) in [5.74, 6) is -0.372. The van der Waals surface area contributed by atoms with Gasteiger partial charge in [0.15, 0.2) is 6.10 Å². The maximum atomic E-state index is 11.9. The lowest BCUT2D eigenvalue weighted by Crippen LogP contribution is -2.22. The highest BCUT2D eigenvalue weighted by Gasteiger charge is 2.25. The van der Waals surface area contributed by atoms with Gasteiger partial charge in [-0.2, -0.15) is 0 Å². The summed E-state index contributed by atoms with van der Waals surface area (Å²) in [7, 11) is 0. The SMILES string of the molecule is Cc1ccc2c(COC(=O)[C@H]3CCCO3)cc(=O)oc2c1C. The van der Waals surface area contributed by atoms with Crippen LogP contribution in [0.4, 0.5) is 0 Å². The van der Waals surface area contributed by atoms with Crippen LogP contribution in [0.5, 0.6) is 0 Å². The first-order chi connectivity index (χ1) is 10.6. The van der Waals surface area contributed by atoms with Crippen LogP contribution in [0.1, 0.15) is 29.5 Å². The number of esters is 1. The molecule has 0 bridgehead atoms. The number of hydrogen-bond acceptors (Lipinski definition) is 5. The van der Waals surface area contributed by atoms with E-state index in [1.165, 1.54) is 6.07 Å². The molecule has 116 valence electrons. The fraction of sp³-hybridized carbons (Fsp3) is 0.412. The van der Waals surface area contributed by atoms with Gasteiger partial charge >= 0.3 is 11.6 Å². The van der Waals surface area contributed by atoms with Gasteiger partial charge < -0.3 is 13.9 Å². The zero-order valence-electron chi connectivity index (χ0n) is 12.7. The molecule has 1 atom stereocenters. The van der Waals surface area contributed by atoms with E-state index in [1.54, 1.807) is 0 Å². The van der Waals surface area contributed by atoms with E-state index in [2.05, 4.69) is 0 Å². The Hall–Kier alpha value is -2.14. The molecule has 2 heterocycles. The Kier molecular flexibility index (Phi) is 3.98. The Labute approximate surface area is 127 Å². The Morgan fingerprint density at radius 1 is 1.36 bits per heavy atom. The van der Waals surface area contributed by atoms with Crippen molar-refractivity contribution < 1.29 is 18.7 Å². The molecule has 22 heavy (non-hydrogen) atoms. The quantitative estimate of drug-likeness (QED) is 0.644. The highest BCUT2D eigenvalue weighted by molar-refractivity contribution is 5.84. The molecule has 0 radical (unpaired) electrons. The topological polar surface area (TPSA) is 65.7 Å². The molecule has 1 aliphatic rings. The van der Waals surface area contributed by atoms with Crippen molar-refractivity contribution in [2.75, 3.05) is 6.61 Å². The van der Waals surface area contributed by atoms with Crippen LogP contribution in [-0.2, 0) is 20.9 Å². The van der Waals surface area contributed by atoms with Gasteiger partial charge in [0.25, 0.3) is 0 Å². The van der Waals surface area contributed by atoms with Crippen LogP contribution in [0.25, 0.3) is 11.0 Å². The second-order valence-electron chi connectivity index (χ2n) is 5.58. The molecule has 0 spiro atoms. The van der Waals surface area contributed by atoms with Crippen LogP contribution >= 0.6 is 0 Å². The molecule has 0 saturated carbocycles. The number of benzene rings is 1. The summed E-state index contributed by atoms with van der Waals surface area (Å²) in [5.41, 5.74) is 2.73. The third kappa shape index (κ3) is 2.76. The summed E-state index contributed by atoms with van der Waals surface area (Å²) >= 11 is 0. The minimum Gasteiger partial charge on any atom is -0.459 e. The van der Waals surface area contributed by atoms with Crippen LogP contribution < -0.4 is 5.63 Å². The highest BCUT2D eigenvalue weighted by atomic mass is 16.6. The van der Waals surface area contributed by atoms with Gasteiger partial charge in [0.1, 0.15) is 12.2 Å². The molecule has 2 aromatic rings. The first-order valence-electron chi connectivity index (χ1n) is 7.37. The van der Waals surface area contributed by atoms with E-state index < -0.39 is 11.7 Å². The highest BCUT2D eigenvalue weighted by Crippen LogP contribution is 2.24. The van der Waals surface area contributed by atoms with Gasteiger partial charge in [-0.1, -0.05) is 12.1 Å². The lowest BCUT2D eigenvalue weighted by Gasteiger charge is -2.12. The lowest BCUT2D eigenvalue weighted by atomic mass is 10.0. The van der Waals surface area contributed by atoms with Crippen molar-refractivity contribution in [3.8, 4) is 0 Å². The van der Waals surface area contributed by atoms with Gasteiger partial charge in [0.05, 0.1) is 0 Å². The molecule has 0 aliphatic carbocycles. The Balaban J connectivity index is 1.88. The number of carbonyl (C=O) groups is 1. The lowest BCUT2D eigenvalue weighted by molar-refractivity contribution is -0.155. The van der Waals surface area contributed by atoms with E-state index in [1.807, 2.05) is 26.0 Å². The zero-order chi connectivity index (χ0) is 15.7. The molecule has 1 saturated heterocycles. The van der Waals surface area contributed by atoms with E-state index in [0.29, 0.717) is 24.2 Å². The van der Waals surface area contributed by atoms with Crippen LogP contribution in [0, 0.1) is 13.8 Å². The molecule has 1 fully saturated rings. The number of aryl methyl sites for hydroxylation is 2. The van der Waals surface area contributed by atoms with Crippen LogP contribution in [0.2, 0.25) is 0 Å². The molecule has 3 rings (SSSR count). The van der Waals surface area contributed by atoms with Crippen molar-refractivity contribution in [1.29, 1.82) is 0 Å². The number of fused-ring (bicyclic) bond motifs is 1. The molecule has 1 aromatic heterocycles. The smallest absolute Gasteiger partial charge is 0.336 e. The van der Waals surface area contributed by atoms with E-state index in [-0.39, 0.29) is 12.6 Å². The van der Waals surface area contributed by atoms with Crippen molar-refractivity contribution in [3.05, 3.63) is 45.3 Å². The maximum absolute atomic E-state index is 11.9. The standard InChI is InChI=1S/C17H18O5/c1-10-5-6-13-12(8-15(18)22-16(13)11(10)2)9-21-17(19)14-4-3-7-20-14/h5-6,8,14H,3-4,7,9H2,1-2H3/t14-/m1/s1. The average molecular weight is 302 g/mol. The summed E-state index contributed by atoms with van der Waals surface area (Å²) in [6.45, 7) is 4.50. The Morgan fingerprint density at radius 3 is 2.91 bits per heavy atom. The predicted molar refractivity (Wildman–Crippen MR) is 80.7 cm³/mol. The monoisotopic (exact) mass is 302 g/mol. The normalized spacial score (nSPS) is 17.8. The van der Waals surface area contributed by atoms with Crippen molar-refractivity contribution in [1.82, 2.24) is 0 Å². The van der Waals surface area contributed by atoms with Crippen LogP contribution in [-0.4, -0.2) is 18.7 Å². The molecular formula is C17H18O5. The molecule has 1 aromatic carbocycles. The predicted octanol–water partition coefficient (Wildman–Crippen LogP) is 2.63. The summed E-state index contributed by atoms with van der Waals surface area (Å²) in [5, 5.41) is 0.794. The van der Waals surface area contributed by atoms with Gasteiger partial charge in [0.2, 0.25) is 0 Å². The molecule has 0 unspecified atom stereocenters. The minimum absolute atomic E-state index is 0.0449. The van der Waals surface area contributed by atoms with Crippen LogP contribution in [0.3, 0.4) is 0 Å². The van der Waals surface area contributed by atoms with E-state index in [9.17, 15) is 9.59 Å². The van der Waals surface area contributed by atoms with E-state index in [0.717, 1.165) is 22.9 Å². The van der Waals surface area contributed by atoms with E-state index >= 15 is 0 Å². The van der Waals surface area contributed by atoms with Crippen molar-refractivity contribution in [2.45, 2.75) is 39.4 Å².